The summed E-state index contributed by atoms with van der Waals surface area (Å²) in [6.45, 7) is 3.95. The van der Waals surface area contributed by atoms with E-state index in [0.717, 1.165) is 0 Å². The minimum Gasteiger partial charge on any atom is -0.468 e. The number of ether oxygens (including phenoxy) is 1. The molecule has 0 N–H and O–H groups in total. The van der Waals surface area contributed by atoms with E-state index in [1.54, 1.807) is 32.2 Å². The van der Waals surface area contributed by atoms with Gasteiger partial charge in [0.25, 0.3) is 0 Å². The van der Waals surface area contributed by atoms with E-state index >= 15 is 0 Å². The lowest BCUT2D eigenvalue weighted by atomic mass is 10.1. The van der Waals surface area contributed by atoms with Crippen LogP contribution in [0.15, 0.2) is 22.8 Å². The van der Waals surface area contributed by atoms with Crippen molar-refractivity contribution in [2.45, 2.75) is 19.8 Å². The fraction of sp³-hybridized carbons (Fsp3) is 0.444. The second-order valence-electron chi connectivity index (χ2n) is 2.49. The fourth-order valence-electron chi connectivity index (χ4n) is 0.921. The van der Waals surface area contributed by atoms with Gasteiger partial charge in [-0.25, -0.2) is 0 Å². The van der Waals surface area contributed by atoms with Crippen molar-refractivity contribution in [3.05, 3.63) is 24.2 Å². The number of furan rings is 1. The van der Waals surface area contributed by atoms with Crippen molar-refractivity contribution in [2.24, 2.45) is 0 Å². The molecule has 1 heterocycles. The van der Waals surface area contributed by atoms with E-state index < -0.39 is 0 Å². The summed E-state index contributed by atoms with van der Waals surface area (Å²) in [4.78, 5) is 11.2. The lowest BCUT2D eigenvalue weighted by Gasteiger charge is -2.06. The smallest absolute Gasteiger partial charge is 0.316 e. The van der Waals surface area contributed by atoms with Gasteiger partial charge in [-0.05, 0) is 26.0 Å². The van der Waals surface area contributed by atoms with Gasteiger partial charge in [-0.15, -0.1) is 0 Å². The van der Waals surface area contributed by atoms with E-state index in [9.17, 15) is 4.79 Å². The van der Waals surface area contributed by atoms with Gasteiger partial charge in [0, 0.05) is 0 Å². The Balaban J connectivity index is 2.59. The zero-order valence-corrected chi connectivity index (χ0v) is 7.24. The van der Waals surface area contributed by atoms with Crippen molar-refractivity contribution in [1.29, 1.82) is 0 Å². The number of esters is 1. The molecule has 1 rings (SSSR count). The quantitative estimate of drug-likeness (QED) is 0.647. The summed E-state index contributed by atoms with van der Waals surface area (Å²) in [5, 5.41) is 0. The third kappa shape index (κ3) is 1.87. The number of hydrogen-bond donors (Lipinski definition) is 0. The second kappa shape index (κ2) is 3.95. The van der Waals surface area contributed by atoms with Crippen LogP contribution in [0, 0.1) is 0 Å². The lowest BCUT2D eigenvalue weighted by Crippen LogP contribution is -2.12. The summed E-state index contributed by atoms with van der Waals surface area (Å²) in [6.07, 6.45) is 1.55. The molecular formula is C9H12O3. The van der Waals surface area contributed by atoms with Crippen LogP contribution in [0.25, 0.3) is 0 Å². The second-order valence-corrected chi connectivity index (χ2v) is 2.49. The summed E-state index contributed by atoms with van der Waals surface area (Å²) in [6, 6.07) is 3.52. The molecule has 0 fully saturated rings. The van der Waals surface area contributed by atoms with Gasteiger partial charge in [-0.2, -0.15) is 0 Å². The van der Waals surface area contributed by atoms with E-state index in [0.29, 0.717) is 12.4 Å². The van der Waals surface area contributed by atoms with Crippen molar-refractivity contribution < 1.29 is 13.9 Å². The first-order valence-corrected chi connectivity index (χ1v) is 3.95. The largest absolute Gasteiger partial charge is 0.468 e. The molecule has 66 valence electrons. The van der Waals surface area contributed by atoms with Crippen LogP contribution in [-0.2, 0) is 9.53 Å². The Labute approximate surface area is 71.3 Å². The Morgan fingerprint density at radius 2 is 2.50 bits per heavy atom. The molecule has 0 aromatic carbocycles. The van der Waals surface area contributed by atoms with Crippen LogP contribution in [0.1, 0.15) is 25.5 Å². The third-order valence-corrected chi connectivity index (χ3v) is 1.61. The van der Waals surface area contributed by atoms with Crippen molar-refractivity contribution in [3.63, 3.8) is 0 Å². The van der Waals surface area contributed by atoms with E-state index in [4.69, 9.17) is 9.15 Å². The Bertz CT molecular complexity index is 238. The van der Waals surface area contributed by atoms with Crippen molar-refractivity contribution >= 4 is 5.97 Å². The molecule has 0 aliphatic carbocycles. The standard InChI is InChI=1S/C9H12O3/c1-3-11-9(10)7(2)8-5-4-6-12-8/h4-7H,3H2,1-2H3. The average molecular weight is 168 g/mol. The van der Waals surface area contributed by atoms with E-state index in [-0.39, 0.29) is 11.9 Å². The van der Waals surface area contributed by atoms with Gasteiger partial charge in [0.05, 0.1) is 12.9 Å². The zero-order chi connectivity index (χ0) is 8.97. The van der Waals surface area contributed by atoms with Crippen LogP contribution in [-0.4, -0.2) is 12.6 Å². The maximum absolute atomic E-state index is 11.2. The average Bonchev–Trinajstić information content (AvgIpc) is 2.55. The first-order valence-electron chi connectivity index (χ1n) is 3.95. The SMILES string of the molecule is CCOC(=O)C(C)c1ccco1. The first-order chi connectivity index (χ1) is 5.75. The van der Waals surface area contributed by atoms with Gasteiger partial charge in [0.1, 0.15) is 11.7 Å². The number of carbonyl (C=O) groups is 1. The van der Waals surface area contributed by atoms with Crippen LogP contribution < -0.4 is 0 Å². The lowest BCUT2D eigenvalue weighted by molar-refractivity contribution is -0.144. The number of rotatable bonds is 3. The maximum atomic E-state index is 11.2. The van der Waals surface area contributed by atoms with Crippen LogP contribution in [0.2, 0.25) is 0 Å². The highest BCUT2D eigenvalue weighted by Crippen LogP contribution is 2.16. The molecule has 0 aliphatic rings. The molecule has 1 aromatic rings. The van der Waals surface area contributed by atoms with Crippen molar-refractivity contribution in [2.75, 3.05) is 6.61 Å². The topological polar surface area (TPSA) is 39.4 Å². The van der Waals surface area contributed by atoms with Gasteiger partial charge < -0.3 is 9.15 Å². The monoisotopic (exact) mass is 168 g/mol. The minimum absolute atomic E-state index is 0.243. The predicted molar refractivity (Wildman–Crippen MR) is 43.8 cm³/mol. The Morgan fingerprint density at radius 3 is 3.00 bits per heavy atom. The van der Waals surface area contributed by atoms with Crippen LogP contribution in [0.5, 0.6) is 0 Å². The molecule has 0 saturated heterocycles. The number of carbonyl (C=O) groups excluding carboxylic acids is 1. The molecule has 0 spiro atoms. The molecule has 0 saturated carbocycles. The zero-order valence-electron chi connectivity index (χ0n) is 7.24. The van der Waals surface area contributed by atoms with Gasteiger partial charge >= 0.3 is 5.97 Å². The Morgan fingerprint density at radius 1 is 1.75 bits per heavy atom. The van der Waals surface area contributed by atoms with Crippen molar-refractivity contribution in [3.8, 4) is 0 Å². The van der Waals surface area contributed by atoms with Crippen molar-refractivity contribution in [1.82, 2.24) is 0 Å². The summed E-state index contributed by atoms with van der Waals surface area (Å²) in [5.74, 6) is 0.0980. The molecule has 0 amide bonds. The van der Waals surface area contributed by atoms with Gasteiger partial charge in [0.15, 0.2) is 0 Å². The molecule has 12 heavy (non-hydrogen) atoms. The van der Waals surface area contributed by atoms with E-state index in [1.807, 2.05) is 0 Å². The molecule has 1 atom stereocenters. The van der Waals surface area contributed by atoms with Crippen LogP contribution in [0.3, 0.4) is 0 Å². The molecule has 1 aromatic heterocycles. The summed E-state index contributed by atoms with van der Waals surface area (Å²) < 4.78 is 9.89. The molecule has 3 heteroatoms. The summed E-state index contributed by atoms with van der Waals surface area (Å²) in [7, 11) is 0. The summed E-state index contributed by atoms with van der Waals surface area (Å²) in [5.41, 5.74) is 0. The molecule has 0 bridgehead atoms. The minimum atomic E-state index is -0.306. The number of hydrogen-bond acceptors (Lipinski definition) is 3. The first kappa shape index (κ1) is 8.84. The van der Waals surface area contributed by atoms with Crippen LogP contribution in [0.4, 0.5) is 0 Å². The molecule has 1 unspecified atom stereocenters. The van der Waals surface area contributed by atoms with Gasteiger partial charge in [-0.1, -0.05) is 0 Å². The Kier molecular flexibility index (Phi) is 2.91. The van der Waals surface area contributed by atoms with E-state index in [2.05, 4.69) is 0 Å². The predicted octanol–water partition coefficient (Wildman–Crippen LogP) is 1.95. The molecule has 0 radical (unpaired) electrons. The Hall–Kier alpha value is -1.25. The summed E-state index contributed by atoms with van der Waals surface area (Å²) >= 11 is 0. The van der Waals surface area contributed by atoms with Gasteiger partial charge in [-0.3, -0.25) is 4.79 Å². The molecular weight excluding hydrogens is 156 g/mol. The fourth-order valence-corrected chi connectivity index (χ4v) is 0.921. The molecule has 0 aliphatic heterocycles. The highest BCUT2D eigenvalue weighted by atomic mass is 16.5. The normalized spacial score (nSPS) is 12.5. The highest BCUT2D eigenvalue weighted by Gasteiger charge is 2.18. The van der Waals surface area contributed by atoms with Gasteiger partial charge in [0.2, 0.25) is 0 Å². The maximum Gasteiger partial charge on any atom is 0.316 e. The van der Waals surface area contributed by atoms with E-state index in [1.165, 1.54) is 0 Å². The van der Waals surface area contributed by atoms with Crippen LogP contribution >= 0.6 is 0 Å². The molecule has 3 nitrogen and oxygen atoms in total. The highest BCUT2D eigenvalue weighted by molar-refractivity contribution is 5.76. The third-order valence-electron chi connectivity index (χ3n) is 1.61.